The lowest BCUT2D eigenvalue weighted by atomic mass is 10.1. The first-order chi connectivity index (χ1) is 15.4. The molecule has 0 radical (unpaired) electrons. The monoisotopic (exact) mass is 441 g/mol. The number of pyridine rings is 2. The van der Waals surface area contributed by atoms with E-state index < -0.39 is 0 Å². The van der Waals surface area contributed by atoms with Crippen LogP contribution in [0.4, 0.5) is 16.3 Å². The molecule has 2 aromatic rings. The molecule has 1 aliphatic heterocycles. The summed E-state index contributed by atoms with van der Waals surface area (Å²) in [5.74, 6) is 0.999. The van der Waals surface area contributed by atoms with E-state index in [9.17, 15) is 9.59 Å². The van der Waals surface area contributed by atoms with Crippen molar-refractivity contribution in [2.75, 3.05) is 57.1 Å². The van der Waals surface area contributed by atoms with Gasteiger partial charge in [0.15, 0.2) is 0 Å². The van der Waals surface area contributed by atoms with Crippen molar-refractivity contribution < 1.29 is 14.3 Å². The molecular formula is C22H31N7O3. The lowest BCUT2D eigenvalue weighted by Crippen LogP contribution is -2.46. The predicted molar refractivity (Wildman–Crippen MR) is 123 cm³/mol. The van der Waals surface area contributed by atoms with Crippen LogP contribution in [0.15, 0.2) is 24.4 Å². The van der Waals surface area contributed by atoms with Crippen LogP contribution in [0, 0.1) is 6.92 Å². The number of aryl methyl sites for hydroxylation is 1. The number of hydrogen-bond donors (Lipinski definition) is 3. The number of amides is 3. The number of methoxy groups -OCH3 is 1. The van der Waals surface area contributed by atoms with E-state index in [-0.39, 0.29) is 11.9 Å². The molecule has 0 aliphatic carbocycles. The molecule has 1 fully saturated rings. The van der Waals surface area contributed by atoms with Gasteiger partial charge in [0.1, 0.15) is 17.3 Å². The molecule has 0 unspecified atom stereocenters. The fourth-order valence-electron chi connectivity index (χ4n) is 3.71. The molecule has 10 nitrogen and oxygen atoms in total. The Morgan fingerprint density at radius 3 is 2.56 bits per heavy atom. The van der Waals surface area contributed by atoms with Gasteiger partial charge in [0.2, 0.25) is 0 Å². The second-order valence-electron chi connectivity index (χ2n) is 7.51. The van der Waals surface area contributed by atoms with Gasteiger partial charge in [0.05, 0.1) is 24.7 Å². The van der Waals surface area contributed by atoms with Crippen LogP contribution in [0.3, 0.4) is 0 Å². The van der Waals surface area contributed by atoms with E-state index in [1.807, 2.05) is 26.0 Å². The number of aromatic nitrogens is 2. The van der Waals surface area contributed by atoms with Crippen LogP contribution in [0.25, 0.3) is 0 Å². The van der Waals surface area contributed by atoms with Crippen LogP contribution in [-0.2, 0) is 6.54 Å². The Balaban J connectivity index is 1.63. The van der Waals surface area contributed by atoms with Gasteiger partial charge in [-0.1, -0.05) is 0 Å². The number of anilines is 2. The minimum absolute atomic E-state index is 0.184. The van der Waals surface area contributed by atoms with Crippen molar-refractivity contribution >= 4 is 23.4 Å². The van der Waals surface area contributed by atoms with Gasteiger partial charge in [-0.15, -0.1) is 0 Å². The molecule has 2 aromatic heterocycles. The zero-order chi connectivity index (χ0) is 23.1. The molecule has 3 rings (SSSR count). The molecule has 0 aromatic carbocycles. The topological polar surface area (TPSA) is 112 Å². The van der Waals surface area contributed by atoms with Crippen LogP contribution < -0.4 is 25.6 Å². The fourth-order valence-corrected chi connectivity index (χ4v) is 3.71. The molecule has 3 N–H and O–H groups in total. The number of carbonyl (C=O) groups is 2. The summed E-state index contributed by atoms with van der Waals surface area (Å²) in [6.45, 7) is 8.44. The van der Waals surface area contributed by atoms with Crippen molar-refractivity contribution in [2.45, 2.75) is 20.4 Å². The maximum absolute atomic E-state index is 11.8. The largest absolute Gasteiger partial charge is 0.495 e. The van der Waals surface area contributed by atoms with Gasteiger partial charge in [-0.05, 0) is 32.0 Å². The van der Waals surface area contributed by atoms with Gasteiger partial charge in [-0.2, -0.15) is 0 Å². The Hall–Kier alpha value is -3.40. The Labute approximate surface area is 188 Å². The maximum atomic E-state index is 11.8. The van der Waals surface area contributed by atoms with Crippen LogP contribution in [0.1, 0.15) is 28.7 Å². The standard InChI is InChI=1S/C22H31N7O3/c1-5-24-22(31)27-20-12-16(19(32-4)13-25-20)14-28-8-10-29(11-9-28)18-7-6-17(21(30)23-3)26-15(18)2/h6-7,12-13H,5,8-11,14H2,1-4H3,(H,23,30)(H2,24,25,27,31). The maximum Gasteiger partial charge on any atom is 0.320 e. The lowest BCUT2D eigenvalue weighted by molar-refractivity contribution is 0.0958. The first kappa shape index (κ1) is 23.3. The van der Waals surface area contributed by atoms with Crippen molar-refractivity contribution in [1.82, 2.24) is 25.5 Å². The molecule has 10 heteroatoms. The average Bonchev–Trinajstić information content (AvgIpc) is 2.79. The fraction of sp³-hybridized carbons (Fsp3) is 0.455. The normalized spacial score (nSPS) is 14.1. The number of piperazine rings is 1. The van der Waals surface area contributed by atoms with Gasteiger partial charge in [-0.3, -0.25) is 15.0 Å². The SMILES string of the molecule is CCNC(=O)Nc1cc(CN2CCN(c3ccc(C(=O)NC)nc3C)CC2)c(OC)cn1. The third kappa shape index (κ3) is 5.64. The highest BCUT2D eigenvalue weighted by atomic mass is 16.5. The van der Waals surface area contributed by atoms with Crippen LogP contribution in [-0.4, -0.2) is 73.7 Å². The zero-order valence-corrected chi connectivity index (χ0v) is 19.1. The summed E-state index contributed by atoms with van der Waals surface area (Å²) in [4.78, 5) is 36.9. The third-order valence-electron chi connectivity index (χ3n) is 5.37. The van der Waals surface area contributed by atoms with E-state index in [1.165, 1.54) is 0 Å². The number of urea groups is 1. The first-order valence-electron chi connectivity index (χ1n) is 10.7. The summed E-state index contributed by atoms with van der Waals surface area (Å²) < 4.78 is 5.47. The molecule has 32 heavy (non-hydrogen) atoms. The van der Waals surface area contributed by atoms with Crippen LogP contribution in [0.2, 0.25) is 0 Å². The highest BCUT2D eigenvalue weighted by molar-refractivity contribution is 5.92. The van der Waals surface area contributed by atoms with Gasteiger partial charge in [-0.25, -0.2) is 14.8 Å². The highest BCUT2D eigenvalue weighted by Crippen LogP contribution is 2.24. The molecule has 1 saturated heterocycles. The second-order valence-corrected chi connectivity index (χ2v) is 7.51. The minimum Gasteiger partial charge on any atom is -0.495 e. The quantitative estimate of drug-likeness (QED) is 0.599. The van der Waals surface area contributed by atoms with Gasteiger partial charge < -0.3 is 20.3 Å². The zero-order valence-electron chi connectivity index (χ0n) is 19.1. The van der Waals surface area contributed by atoms with E-state index in [2.05, 4.69) is 35.7 Å². The number of nitrogens with zero attached hydrogens (tertiary/aromatic N) is 4. The van der Waals surface area contributed by atoms with Crippen LogP contribution >= 0.6 is 0 Å². The van der Waals surface area contributed by atoms with E-state index in [4.69, 9.17) is 4.74 Å². The molecule has 1 aliphatic rings. The Kier molecular flexibility index (Phi) is 7.82. The average molecular weight is 442 g/mol. The van der Waals surface area contributed by atoms with Crippen molar-refractivity contribution in [3.05, 3.63) is 41.3 Å². The molecule has 0 saturated carbocycles. The lowest BCUT2D eigenvalue weighted by Gasteiger charge is -2.36. The number of rotatable bonds is 7. The molecule has 0 spiro atoms. The van der Waals surface area contributed by atoms with E-state index >= 15 is 0 Å². The summed E-state index contributed by atoms with van der Waals surface area (Å²) in [6.07, 6.45) is 1.64. The molecular weight excluding hydrogens is 410 g/mol. The Morgan fingerprint density at radius 1 is 1.19 bits per heavy atom. The van der Waals surface area contributed by atoms with Crippen LogP contribution in [0.5, 0.6) is 5.75 Å². The summed E-state index contributed by atoms with van der Waals surface area (Å²) in [5.41, 5.74) is 3.29. The molecule has 3 heterocycles. The Morgan fingerprint density at radius 2 is 1.94 bits per heavy atom. The smallest absolute Gasteiger partial charge is 0.320 e. The summed E-state index contributed by atoms with van der Waals surface area (Å²) in [6, 6.07) is 5.30. The molecule has 172 valence electrons. The Bertz CT molecular complexity index is 959. The number of hydrogen-bond acceptors (Lipinski definition) is 7. The van der Waals surface area contributed by atoms with Gasteiger partial charge in [0.25, 0.3) is 5.91 Å². The predicted octanol–water partition coefficient (Wildman–Crippen LogP) is 1.62. The molecule has 3 amide bonds. The molecule has 0 bridgehead atoms. The summed E-state index contributed by atoms with van der Waals surface area (Å²) in [7, 11) is 3.22. The van der Waals surface area contributed by atoms with Gasteiger partial charge in [0, 0.05) is 51.9 Å². The summed E-state index contributed by atoms with van der Waals surface area (Å²) in [5, 5.41) is 8.04. The second kappa shape index (κ2) is 10.8. The van der Waals surface area contributed by atoms with E-state index in [1.54, 1.807) is 26.4 Å². The van der Waals surface area contributed by atoms with Crippen molar-refractivity contribution in [2.24, 2.45) is 0 Å². The van der Waals surface area contributed by atoms with Gasteiger partial charge >= 0.3 is 6.03 Å². The van der Waals surface area contributed by atoms with Crippen molar-refractivity contribution in [3.8, 4) is 5.75 Å². The first-order valence-corrected chi connectivity index (χ1v) is 10.7. The highest BCUT2D eigenvalue weighted by Gasteiger charge is 2.21. The minimum atomic E-state index is -0.281. The van der Waals surface area contributed by atoms with E-state index in [0.29, 0.717) is 30.4 Å². The summed E-state index contributed by atoms with van der Waals surface area (Å²) >= 11 is 0. The van der Waals surface area contributed by atoms with Crippen molar-refractivity contribution in [3.63, 3.8) is 0 Å². The van der Waals surface area contributed by atoms with Crippen molar-refractivity contribution in [1.29, 1.82) is 0 Å². The number of ether oxygens (including phenoxy) is 1. The number of nitrogens with one attached hydrogen (secondary N) is 3. The molecule has 0 atom stereocenters. The number of carbonyl (C=O) groups excluding carboxylic acids is 2. The van der Waals surface area contributed by atoms with E-state index in [0.717, 1.165) is 43.1 Å². The third-order valence-corrected chi connectivity index (χ3v) is 5.37.